The number of hydrogen-bond acceptors (Lipinski definition) is 3. The molecule has 0 bridgehead atoms. The first-order valence-electron chi connectivity index (χ1n) is 7.16. The minimum atomic E-state index is -0.153. The van der Waals surface area contributed by atoms with Crippen molar-refractivity contribution < 1.29 is 9.90 Å². The fourth-order valence-corrected chi connectivity index (χ4v) is 2.39. The highest BCUT2D eigenvalue weighted by atomic mass is 35.5. The van der Waals surface area contributed by atoms with Crippen molar-refractivity contribution in [3.8, 4) is 0 Å². The van der Waals surface area contributed by atoms with E-state index in [1.807, 2.05) is 43.3 Å². The second-order valence-electron chi connectivity index (χ2n) is 5.23. The molecule has 0 radical (unpaired) electrons. The Morgan fingerprint density at radius 1 is 1.27 bits per heavy atom. The van der Waals surface area contributed by atoms with E-state index in [2.05, 4.69) is 10.3 Å². The molecule has 0 saturated carbocycles. The molecule has 22 heavy (non-hydrogen) atoms. The Hall–Kier alpha value is -1.91. The maximum absolute atomic E-state index is 12.1. The fourth-order valence-electron chi connectivity index (χ4n) is 2.18. The van der Waals surface area contributed by atoms with Gasteiger partial charge in [-0.05, 0) is 36.2 Å². The number of pyridine rings is 1. The summed E-state index contributed by atoms with van der Waals surface area (Å²) in [6.07, 6.45) is 0.635. The summed E-state index contributed by atoms with van der Waals surface area (Å²) in [6, 6.07) is 12.9. The van der Waals surface area contributed by atoms with Crippen molar-refractivity contribution in [1.29, 1.82) is 0 Å². The van der Waals surface area contributed by atoms with Crippen molar-refractivity contribution in [2.24, 2.45) is 5.92 Å². The number of aliphatic hydroxyl groups excluding tert-OH is 1. The first-order valence-corrected chi connectivity index (χ1v) is 7.54. The number of carbonyl (C=O) groups is 1. The van der Waals surface area contributed by atoms with Crippen molar-refractivity contribution in [1.82, 2.24) is 10.3 Å². The number of aliphatic hydroxyl groups is 1. The molecule has 0 saturated heterocycles. The van der Waals surface area contributed by atoms with Gasteiger partial charge in [-0.1, -0.05) is 36.7 Å². The number of halogens is 1. The minimum Gasteiger partial charge on any atom is -0.390 e. The highest BCUT2D eigenvalue weighted by molar-refractivity contribution is 6.30. The summed E-state index contributed by atoms with van der Waals surface area (Å²) in [4.78, 5) is 16.4. The maximum Gasteiger partial charge on any atom is 0.223 e. The SMILES string of the molecule is CC(Cc1cccc(Cl)c1)C(=O)NCc1cccc(CO)n1. The summed E-state index contributed by atoms with van der Waals surface area (Å²) in [5, 5.41) is 12.6. The van der Waals surface area contributed by atoms with Crippen LogP contribution >= 0.6 is 11.6 Å². The second-order valence-corrected chi connectivity index (χ2v) is 5.67. The zero-order valence-electron chi connectivity index (χ0n) is 12.4. The number of hydrogen-bond donors (Lipinski definition) is 2. The van der Waals surface area contributed by atoms with Gasteiger partial charge in [-0.15, -0.1) is 0 Å². The third-order valence-corrected chi connectivity index (χ3v) is 3.58. The number of carbonyl (C=O) groups excluding carboxylic acids is 1. The molecule has 116 valence electrons. The summed E-state index contributed by atoms with van der Waals surface area (Å²) < 4.78 is 0. The Morgan fingerprint density at radius 2 is 2.00 bits per heavy atom. The average molecular weight is 319 g/mol. The summed E-state index contributed by atoms with van der Waals surface area (Å²) in [7, 11) is 0. The van der Waals surface area contributed by atoms with Crippen LogP contribution in [0.4, 0.5) is 0 Å². The summed E-state index contributed by atoms with van der Waals surface area (Å²) in [6.45, 7) is 2.13. The molecular formula is C17H19ClN2O2. The van der Waals surface area contributed by atoms with Crippen LogP contribution in [0.3, 0.4) is 0 Å². The molecule has 0 aliphatic heterocycles. The van der Waals surface area contributed by atoms with Crippen LogP contribution in [-0.4, -0.2) is 16.0 Å². The van der Waals surface area contributed by atoms with Crippen LogP contribution in [0.2, 0.25) is 5.02 Å². The standard InChI is InChI=1S/C17H19ClN2O2/c1-12(8-13-4-2-5-14(18)9-13)17(22)19-10-15-6-3-7-16(11-21)20-15/h2-7,9,12,21H,8,10-11H2,1H3,(H,19,22). The molecule has 0 aliphatic carbocycles. The molecule has 0 spiro atoms. The lowest BCUT2D eigenvalue weighted by molar-refractivity contribution is -0.124. The van der Waals surface area contributed by atoms with E-state index in [0.29, 0.717) is 23.7 Å². The maximum atomic E-state index is 12.1. The molecule has 4 nitrogen and oxygen atoms in total. The Labute approximate surface area is 135 Å². The molecule has 0 aliphatic rings. The smallest absolute Gasteiger partial charge is 0.223 e. The van der Waals surface area contributed by atoms with E-state index >= 15 is 0 Å². The predicted molar refractivity (Wildman–Crippen MR) is 86.3 cm³/mol. The topological polar surface area (TPSA) is 62.2 Å². The zero-order chi connectivity index (χ0) is 15.9. The first kappa shape index (κ1) is 16.5. The van der Waals surface area contributed by atoms with Crippen LogP contribution < -0.4 is 5.32 Å². The summed E-state index contributed by atoms with van der Waals surface area (Å²) >= 11 is 5.95. The van der Waals surface area contributed by atoms with Gasteiger partial charge in [-0.2, -0.15) is 0 Å². The Balaban J connectivity index is 1.88. The van der Waals surface area contributed by atoms with Gasteiger partial charge in [0.2, 0.25) is 5.91 Å². The lowest BCUT2D eigenvalue weighted by atomic mass is 10.0. The van der Waals surface area contributed by atoms with Gasteiger partial charge < -0.3 is 10.4 Å². The molecule has 2 rings (SSSR count). The van der Waals surface area contributed by atoms with E-state index in [1.165, 1.54) is 0 Å². The number of aromatic nitrogens is 1. The number of nitrogens with one attached hydrogen (secondary N) is 1. The number of rotatable bonds is 6. The van der Waals surface area contributed by atoms with Gasteiger partial charge in [-0.3, -0.25) is 9.78 Å². The van der Waals surface area contributed by atoms with Gasteiger partial charge in [0.25, 0.3) is 0 Å². The van der Waals surface area contributed by atoms with Crippen molar-refractivity contribution in [2.75, 3.05) is 0 Å². The Morgan fingerprint density at radius 3 is 2.73 bits per heavy atom. The fraction of sp³-hybridized carbons (Fsp3) is 0.294. The van der Waals surface area contributed by atoms with Gasteiger partial charge in [0.1, 0.15) is 0 Å². The van der Waals surface area contributed by atoms with E-state index in [1.54, 1.807) is 6.07 Å². The van der Waals surface area contributed by atoms with Gasteiger partial charge >= 0.3 is 0 Å². The number of nitrogens with zero attached hydrogens (tertiary/aromatic N) is 1. The number of benzene rings is 1. The van der Waals surface area contributed by atoms with E-state index in [0.717, 1.165) is 11.3 Å². The molecule has 1 aromatic heterocycles. The molecule has 2 aromatic rings. The van der Waals surface area contributed by atoms with Gasteiger partial charge in [0.15, 0.2) is 0 Å². The van der Waals surface area contributed by atoms with Crippen LogP contribution in [0, 0.1) is 5.92 Å². The molecule has 1 atom stereocenters. The van der Waals surface area contributed by atoms with Crippen molar-refractivity contribution >= 4 is 17.5 Å². The minimum absolute atomic E-state index is 0.0313. The molecule has 1 unspecified atom stereocenters. The lowest BCUT2D eigenvalue weighted by Crippen LogP contribution is -2.30. The van der Waals surface area contributed by atoms with E-state index < -0.39 is 0 Å². The molecule has 5 heteroatoms. The third kappa shape index (κ3) is 4.83. The molecular weight excluding hydrogens is 300 g/mol. The van der Waals surface area contributed by atoms with Crippen LogP contribution in [0.1, 0.15) is 23.9 Å². The third-order valence-electron chi connectivity index (χ3n) is 3.35. The van der Waals surface area contributed by atoms with Gasteiger partial charge in [-0.25, -0.2) is 0 Å². The quantitative estimate of drug-likeness (QED) is 0.861. The molecule has 1 amide bonds. The highest BCUT2D eigenvalue weighted by Crippen LogP contribution is 2.14. The van der Waals surface area contributed by atoms with Crippen molar-refractivity contribution in [2.45, 2.75) is 26.5 Å². The highest BCUT2D eigenvalue weighted by Gasteiger charge is 2.13. The van der Waals surface area contributed by atoms with Crippen molar-refractivity contribution in [3.63, 3.8) is 0 Å². The molecule has 1 aromatic carbocycles. The molecule has 0 fully saturated rings. The Bertz CT molecular complexity index is 646. The van der Waals surface area contributed by atoms with Crippen LogP contribution in [-0.2, 0) is 24.4 Å². The first-order chi connectivity index (χ1) is 10.6. The largest absolute Gasteiger partial charge is 0.390 e. The summed E-state index contributed by atoms with van der Waals surface area (Å²) in [5.74, 6) is -0.185. The molecule has 2 N–H and O–H groups in total. The average Bonchev–Trinajstić information content (AvgIpc) is 2.52. The van der Waals surface area contributed by atoms with E-state index in [4.69, 9.17) is 16.7 Å². The predicted octanol–water partition coefficient (Wildman–Crippen LogP) is 2.72. The second kappa shape index (κ2) is 7.92. The van der Waals surface area contributed by atoms with Crippen molar-refractivity contribution in [3.05, 3.63) is 64.4 Å². The van der Waals surface area contributed by atoms with Gasteiger partial charge in [0.05, 0.1) is 24.5 Å². The Kier molecular flexibility index (Phi) is 5.92. The zero-order valence-corrected chi connectivity index (χ0v) is 13.2. The lowest BCUT2D eigenvalue weighted by Gasteiger charge is -2.12. The van der Waals surface area contributed by atoms with Gasteiger partial charge in [0, 0.05) is 10.9 Å². The van der Waals surface area contributed by atoms with Crippen LogP contribution in [0.25, 0.3) is 0 Å². The molecule has 1 heterocycles. The van der Waals surface area contributed by atoms with Crippen LogP contribution in [0.15, 0.2) is 42.5 Å². The summed E-state index contributed by atoms with van der Waals surface area (Å²) in [5.41, 5.74) is 2.36. The van der Waals surface area contributed by atoms with Crippen LogP contribution in [0.5, 0.6) is 0 Å². The van der Waals surface area contributed by atoms with E-state index in [-0.39, 0.29) is 18.4 Å². The van der Waals surface area contributed by atoms with E-state index in [9.17, 15) is 4.79 Å². The normalized spacial score (nSPS) is 12.0. The number of amides is 1. The monoisotopic (exact) mass is 318 g/mol.